The van der Waals surface area contributed by atoms with Crippen molar-refractivity contribution < 1.29 is 14.6 Å². The Hall–Kier alpha value is -0.200. The van der Waals surface area contributed by atoms with Crippen LogP contribution in [0, 0.1) is 0 Å². The number of hydrogen-bond acceptors (Lipinski definition) is 5. The fraction of sp³-hybridized carbons (Fsp3) is 1.00. The molecule has 0 aromatic carbocycles. The summed E-state index contributed by atoms with van der Waals surface area (Å²) in [7, 11) is 1.60. The van der Waals surface area contributed by atoms with Crippen LogP contribution in [0.5, 0.6) is 0 Å². The lowest BCUT2D eigenvalue weighted by Gasteiger charge is -2.09. The summed E-state index contributed by atoms with van der Waals surface area (Å²) < 4.78 is 9.75. The number of aliphatic hydroxyl groups excluding tert-OH is 1. The summed E-state index contributed by atoms with van der Waals surface area (Å²) in [6, 6.07) is 0. The van der Waals surface area contributed by atoms with Crippen LogP contribution in [0.15, 0.2) is 0 Å². The van der Waals surface area contributed by atoms with Crippen LogP contribution < -0.4 is 11.3 Å². The van der Waals surface area contributed by atoms with Gasteiger partial charge < -0.3 is 14.6 Å². The van der Waals surface area contributed by atoms with E-state index in [0.717, 1.165) is 0 Å². The zero-order valence-electron chi connectivity index (χ0n) is 6.75. The quantitative estimate of drug-likeness (QED) is 0.242. The molecule has 68 valence electrons. The molecule has 0 aliphatic carbocycles. The Kier molecular flexibility index (Phi) is 7.76. The first kappa shape index (κ1) is 10.8. The van der Waals surface area contributed by atoms with Crippen LogP contribution in [0.3, 0.4) is 0 Å². The van der Waals surface area contributed by atoms with E-state index in [1.54, 1.807) is 7.11 Å². The van der Waals surface area contributed by atoms with Gasteiger partial charge >= 0.3 is 0 Å². The van der Waals surface area contributed by atoms with Gasteiger partial charge in [-0.2, -0.15) is 0 Å². The van der Waals surface area contributed by atoms with E-state index >= 15 is 0 Å². The average Bonchev–Trinajstić information content (AvgIpc) is 1.99. The Morgan fingerprint density at radius 1 is 1.55 bits per heavy atom. The number of rotatable bonds is 7. The van der Waals surface area contributed by atoms with E-state index in [2.05, 4.69) is 5.43 Å². The molecule has 0 aromatic rings. The van der Waals surface area contributed by atoms with Crippen molar-refractivity contribution in [2.24, 2.45) is 5.84 Å². The molecule has 0 fully saturated rings. The molecule has 0 aliphatic rings. The van der Waals surface area contributed by atoms with E-state index in [4.69, 9.17) is 20.4 Å². The number of aliphatic hydroxyl groups is 1. The molecule has 5 nitrogen and oxygen atoms in total. The minimum absolute atomic E-state index is 0.285. The molecule has 0 rings (SSSR count). The van der Waals surface area contributed by atoms with Crippen LogP contribution in [0.25, 0.3) is 0 Å². The van der Waals surface area contributed by atoms with Crippen molar-refractivity contribution in [3.05, 3.63) is 0 Å². The summed E-state index contributed by atoms with van der Waals surface area (Å²) in [5, 5.41) is 9.04. The number of hydrazine groups is 1. The van der Waals surface area contributed by atoms with Crippen LogP contribution in [0.4, 0.5) is 0 Å². The van der Waals surface area contributed by atoms with Crippen molar-refractivity contribution in [3.8, 4) is 0 Å². The molecular formula is C6H16N2O3. The van der Waals surface area contributed by atoms with Gasteiger partial charge in [0, 0.05) is 13.7 Å². The van der Waals surface area contributed by atoms with Gasteiger partial charge in [0.1, 0.15) is 0 Å². The van der Waals surface area contributed by atoms with E-state index in [0.29, 0.717) is 19.8 Å². The van der Waals surface area contributed by atoms with E-state index in [9.17, 15) is 0 Å². The van der Waals surface area contributed by atoms with Gasteiger partial charge in [0.25, 0.3) is 0 Å². The minimum atomic E-state index is -0.545. The number of ether oxygens (including phenoxy) is 2. The van der Waals surface area contributed by atoms with E-state index in [1.807, 2.05) is 0 Å². The molecule has 1 atom stereocenters. The molecule has 4 N–H and O–H groups in total. The molecule has 5 heteroatoms. The van der Waals surface area contributed by atoms with Crippen LogP contribution in [0.2, 0.25) is 0 Å². The Morgan fingerprint density at radius 3 is 2.82 bits per heavy atom. The predicted octanol–water partition coefficient (Wildman–Crippen LogP) is -1.53. The van der Waals surface area contributed by atoms with Gasteiger partial charge in [0.15, 0.2) is 0 Å². The first-order chi connectivity index (χ1) is 5.31. The first-order valence-electron chi connectivity index (χ1n) is 3.49. The molecule has 0 aromatic heterocycles. The predicted molar refractivity (Wildman–Crippen MR) is 40.9 cm³/mol. The molecule has 0 heterocycles. The molecule has 0 bridgehead atoms. The summed E-state index contributed by atoms with van der Waals surface area (Å²) in [5.41, 5.74) is 2.35. The zero-order valence-corrected chi connectivity index (χ0v) is 6.75. The molecule has 0 saturated carbocycles. The van der Waals surface area contributed by atoms with E-state index in [1.165, 1.54) is 0 Å². The molecular weight excluding hydrogens is 148 g/mol. The number of methoxy groups -OCH3 is 1. The third kappa shape index (κ3) is 7.70. The maximum atomic E-state index is 9.04. The normalized spacial score (nSPS) is 13.4. The zero-order chi connectivity index (χ0) is 8.53. The monoisotopic (exact) mass is 164 g/mol. The molecule has 0 aliphatic heterocycles. The van der Waals surface area contributed by atoms with Crippen molar-refractivity contribution in [1.29, 1.82) is 0 Å². The first-order valence-corrected chi connectivity index (χ1v) is 3.49. The maximum absolute atomic E-state index is 9.04. The lowest BCUT2D eigenvalue weighted by Crippen LogP contribution is -2.34. The Labute approximate surface area is 66.4 Å². The van der Waals surface area contributed by atoms with Crippen molar-refractivity contribution >= 4 is 0 Å². The Morgan fingerprint density at radius 2 is 2.27 bits per heavy atom. The second kappa shape index (κ2) is 7.90. The van der Waals surface area contributed by atoms with Gasteiger partial charge in [-0.05, 0) is 0 Å². The van der Waals surface area contributed by atoms with Crippen molar-refractivity contribution in [2.75, 3.05) is 33.5 Å². The highest BCUT2D eigenvalue weighted by Gasteiger charge is 2.00. The molecule has 0 saturated heterocycles. The van der Waals surface area contributed by atoms with Gasteiger partial charge in [-0.15, -0.1) is 0 Å². The third-order valence-electron chi connectivity index (χ3n) is 1.10. The third-order valence-corrected chi connectivity index (χ3v) is 1.10. The Balaban J connectivity index is 2.97. The molecule has 0 spiro atoms. The van der Waals surface area contributed by atoms with Crippen LogP contribution in [-0.4, -0.2) is 44.7 Å². The number of nitrogens with one attached hydrogen (secondary N) is 1. The SMILES string of the molecule is COCCOCC(O)CNN. The summed E-state index contributed by atoms with van der Waals surface area (Å²) in [4.78, 5) is 0. The molecule has 11 heavy (non-hydrogen) atoms. The fourth-order valence-corrected chi connectivity index (χ4v) is 0.557. The van der Waals surface area contributed by atoms with Crippen molar-refractivity contribution in [2.45, 2.75) is 6.10 Å². The standard InChI is InChI=1S/C6H16N2O3/c1-10-2-3-11-5-6(9)4-8-7/h6,8-9H,2-5,7H2,1H3. The second-order valence-electron chi connectivity index (χ2n) is 2.13. The summed E-state index contributed by atoms with van der Waals surface area (Å²) in [5.74, 6) is 4.97. The van der Waals surface area contributed by atoms with Gasteiger partial charge in [0.05, 0.1) is 25.9 Å². The average molecular weight is 164 g/mol. The number of nitrogens with two attached hydrogens (primary N) is 1. The highest BCUT2D eigenvalue weighted by molar-refractivity contribution is 4.53. The van der Waals surface area contributed by atoms with Crippen LogP contribution >= 0.6 is 0 Å². The topological polar surface area (TPSA) is 76.7 Å². The van der Waals surface area contributed by atoms with Crippen LogP contribution in [0.1, 0.15) is 0 Å². The van der Waals surface area contributed by atoms with E-state index in [-0.39, 0.29) is 6.61 Å². The minimum Gasteiger partial charge on any atom is -0.389 e. The van der Waals surface area contributed by atoms with Crippen molar-refractivity contribution in [3.63, 3.8) is 0 Å². The smallest absolute Gasteiger partial charge is 0.0911 e. The maximum Gasteiger partial charge on any atom is 0.0911 e. The molecule has 0 radical (unpaired) electrons. The van der Waals surface area contributed by atoms with Gasteiger partial charge in [-0.25, -0.2) is 0 Å². The van der Waals surface area contributed by atoms with Gasteiger partial charge in [-0.1, -0.05) is 0 Å². The van der Waals surface area contributed by atoms with E-state index < -0.39 is 6.10 Å². The van der Waals surface area contributed by atoms with Gasteiger partial charge in [0.2, 0.25) is 0 Å². The second-order valence-corrected chi connectivity index (χ2v) is 2.13. The summed E-state index contributed by atoms with van der Waals surface area (Å²) in [6.07, 6.45) is -0.545. The molecule has 1 unspecified atom stereocenters. The fourth-order valence-electron chi connectivity index (χ4n) is 0.557. The lowest BCUT2D eigenvalue weighted by molar-refractivity contribution is 0.0139. The Bertz CT molecular complexity index is 82.2. The number of hydrogen-bond donors (Lipinski definition) is 3. The largest absolute Gasteiger partial charge is 0.389 e. The molecule has 0 amide bonds. The lowest BCUT2D eigenvalue weighted by atomic mass is 10.4. The van der Waals surface area contributed by atoms with Crippen molar-refractivity contribution in [1.82, 2.24) is 5.43 Å². The van der Waals surface area contributed by atoms with Crippen LogP contribution in [-0.2, 0) is 9.47 Å². The highest BCUT2D eigenvalue weighted by atomic mass is 16.5. The van der Waals surface area contributed by atoms with Gasteiger partial charge in [-0.3, -0.25) is 11.3 Å². The highest BCUT2D eigenvalue weighted by Crippen LogP contribution is 1.82. The summed E-state index contributed by atoms with van der Waals surface area (Å²) >= 11 is 0. The summed E-state index contributed by atoms with van der Waals surface area (Å²) in [6.45, 7) is 1.67.